The molecule has 0 atom stereocenters. The summed E-state index contributed by atoms with van der Waals surface area (Å²) in [5.41, 5.74) is 2.68. The van der Waals surface area contributed by atoms with Gasteiger partial charge in [0.25, 0.3) is 10.0 Å². The smallest absolute Gasteiger partial charge is 0.262 e. The van der Waals surface area contributed by atoms with E-state index < -0.39 is 10.0 Å². The van der Waals surface area contributed by atoms with Crippen molar-refractivity contribution >= 4 is 37.5 Å². The van der Waals surface area contributed by atoms with Crippen LogP contribution in [-0.2, 0) is 10.0 Å². The van der Waals surface area contributed by atoms with Gasteiger partial charge in [0.05, 0.1) is 17.7 Å². The predicted octanol–water partition coefficient (Wildman–Crippen LogP) is 1.94. The Balaban J connectivity index is 2.34. The van der Waals surface area contributed by atoms with Crippen molar-refractivity contribution in [3.8, 4) is 5.75 Å². The number of aromatic nitrogens is 1. The molecule has 0 saturated carbocycles. The third-order valence-electron chi connectivity index (χ3n) is 2.55. The quantitative estimate of drug-likeness (QED) is 0.546. The van der Waals surface area contributed by atoms with Gasteiger partial charge in [0.2, 0.25) is 0 Å². The highest BCUT2D eigenvalue weighted by Gasteiger charge is 2.15. The fraction of sp³-hybridized carbons (Fsp3) is 0.0833. The Morgan fingerprint density at radius 3 is 2.71 bits per heavy atom. The number of hydrazine groups is 1. The molecule has 21 heavy (non-hydrogen) atoms. The van der Waals surface area contributed by atoms with Gasteiger partial charge in [-0.3, -0.25) is 4.72 Å². The number of ether oxygens (including phenoxy) is 1. The Morgan fingerprint density at radius 2 is 2.05 bits per heavy atom. The topological polar surface area (TPSA) is 106 Å². The first-order chi connectivity index (χ1) is 9.94. The SMILES string of the molecule is COc1cc(Br)cc(NS(=O)(=O)c2ccnc(NN)c2)c1. The van der Waals surface area contributed by atoms with Crippen molar-refractivity contribution in [2.75, 3.05) is 17.3 Å². The van der Waals surface area contributed by atoms with E-state index in [1.165, 1.54) is 25.4 Å². The molecule has 0 amide bonds. The zero-order valence-electron chi connectivity index (χ0n) is 11.0. The van der Waals surface area contributed by atoms with Crippen LogP contribution in [0.3, 0.4) is 0 Å². The molecule has 0 radical (unpaired) electrons. The first-order valence-corrected chi connectivity index (χ1v) is 8.02. The third kappa shape index (κ3) is 3.84. The van der Waals surface area contributed by atoms with Gasteiger partial charge in [-0.05, 0) is 18.2 Å². The van der Waals surface area contributed by atoms with Gasteiger partial charge < -0.3 is 10.2 Å². The van der Waals surface area contributed by atoms with Crippen molar-refractivity contribution in [2.24, 2.45) is 5.84 Å². The van der Waals surface area contributed by atoms with Crippen molar-refractivity contribution in [3.05, 3.63) is 41.0 Å². The number of benzene rings is 1. The van der Waals surface area contributed by atoms with E-state index in [2.05, 4.69) is 31.1 Å². The molecule has 0 aliphatic heterocycles. The molecule has 1 aromatic heterocycles. The molecule has 1 heterocycles. The minimum atomic E-state index is -3.75. The predicted molar refractivity (Wildman–Crippen MR) is 83.5 cm³/mol. The van der Waals surface area contributed by atoms with Crippen LogP contribution in [0, 0.1) is 0 Å². The summed E-state index contributed by atoms with van der Waals surface area (Å²) in [6.07, 6.45) is 1.35. The van der Waals surface area contributed by atoms with Crippen LogP contribution in [0.15, 0.2) is 45.9 Å². The second-order valence-electron chi connectivity index (χ2n) is 4.01. The maximum absolute atomic E-state index is 12.3. The third-order valence-corrected chi connectivity index (χ3v) is 4.39. The second kappa shape index (κ2) is 6.29. The molecule has 0 fully saturated rings. The fourth-order valence-corrected chi connectivity index (χ4v) is 3.14. The molecule has 7 nitrogen and oxygen atoms in total. The monoisotopic (exact) mass is 372 g/mol. The number of hydrogen-bond donors (Lipinski definition) is 3. The van der Waals surface area contributed by atoms with Gasteiger partial charge >= 0.3 is 0 Å². The number of methoxy groups -OCH3 is 1. The molecular weight excluding hydrogens is 360 g/mol. The average molecular weight is 373 g/mol. The van der Waals surface area contributed by atoms with E-state index in [4.69, 9.17) is 10.6 Å². The molecule has 1 aromatic carbocycles. The summed E-state index contributed by atoms with van der Waals surface area (Å²) in [5, 5.41) is 0. The zero-order chi connectivity index (χ0) is 15.5. The number of nitrogens with two attached hydrogens (primary N) is 1. The van der Waals surface area contributed by atoms with E-state index in [0.29, 0.717) is 15.9 Å². The number of anilines is 2. The first kappa shape index (κ1) is 15.5. The Labute approximate surface area is 130 Å². The Bertz CT molecular complexity index is 752. The summed E-state index contributed by atoms with van der Waals surface area (Å²) in [5.74, 6) is 6.01. The summed E-state index contributed by atoms with van der Waals surface area (Å²) in [4.78, 5) is 3.91. The van der Waals surface area contributed by atoms with Crippen LogP contribution >= 0.6 is 15.9 Å². The molecule has 0 aliphatic rings. The Hall–Kier alpha value is -1.84. The maximum atomic E-state index is 12.3. The van der Waals surface area contributed by atoms with Crippen LogP contribution < -0.4 is 20.7 Å². The van der Waals surface area contributed by atoms with Gasteiger partial charge in [0, 0.05) is 22.8 Å². The van der Waals surface area contributed by atoms with E-state index in [-0.39, 0.29) is 10.7 Å². The molecular formula is C12H13BrN4O3S. The molecule has 4 N–H and O–H groups in total. The molecule has 2 aromatic rings. The molecule has 9 heteroatoms. The van der Waals surface area contributed by atoms with Gasteiger partial charge in [0.15, 0.2) is 0 Å². The number of nitrogens with zero attached hydrogens (tertiary/aromatic N) is 1. The fourth-order valence-electron chi connectivity index (χ4n) is 1.61. The van der Waals surface area contributed by atoms with Gasteiger partial charge in [-0.1, -0.05) is 15.9 Å². The average Bonchev–Trinajstić information content (AvgIpc) is 2.46. The minimum Gasteiger partial charge on any atom is -0.497 e. The Kier molecular flexibility index (Phi) is 4.66. The normalized spacial score (nSPS) is 11.0. The molecule has 0 saturated heterocycles. The van der Waals surface area contributed by atoms with Crippen molar-refractivity contribution in [3.63, 3.8) is 0 Å². The summed E-state index contributed by atoms with van der Waals surface area (Å²) in [7, 11) is -2.25. The van der Waals surface area contributed by atoms with Crippen LogP contribution in [0.25, 0.3) is 0 Å². The van der Waals surface area contributed by atoms with E-state index in [0.717, 1.165) is 0 Å². The second-order valence-corrected chi connectivity index (χ2v) is 6.60. The number of nitrogens with one attached hydrogen (secondary N) is 2. The lowest BCUT2D eigenvalue weighted by atomic mass is 10.3. The van der Waals surface area contributed by atoms with E-state index in [9.17, 15) is 8.42 Å². The van der Waals surface area contributed by atoms with Crippen molar-refractivity contribution in [2.45, 2.75) is 4.90 Å². The van der Waals surface area contributed by atoms with Crippen molar-refractivity contribution in [1.82, 2.24) is 4.98 Å². The molecule has 0 unspecified atom stereocenters. The Morgan fingerprint density at radius 1 is 1.29 bits per heavy atom. The van der Waals surface area contributed by atoms with Gasteiger partial charge in [-0.15, -0.1) is 0 Å². The molecule has 112 valence electrons. The highest BCUT2D eigenvalue weighted by molar-refractivity contribution is 9.10. The van der Waals surface area contributed by atoms with Crippen LogP contribution in [0.4, 0.5) is 11.5 Å². The number of pyridine rings is 1. The van der Waals surface area contributed by atoms with Gasteiger partial charge in [-0.25, -0.2) is 19.2 Å². The lowest BCUT2D eigenvalue weighted by Crippen LogP contribution is -2.15. The van der Waals surface area contributed by atoms with E-state index >= 15 is 0 Å². The van der Waals surface area contributed by atoms with Crippen LogP contribution in [0.1, 0.15) is 0 Å². The molecule has 2 rings (SSSR count). The number of sulfonamides is 1. The van der Waals surface area contributed by atoms with Crippen LogP contribution in [0.2, 0.25) is 0 Å². The van der Waals surface area contributed by atoms with E-state index in [1.807, 2.05) is 0 Å². The lowest BCUT2D eigenvalue weighted by Gasteiger charge is -2.10. The van der Waals surface area contributed by atoms with Crippen molar-refractivity contribution in [1.29, 1.82) is 0 Å². The summed E-state index contributed by atoms with van der Waals surface area (Å²) in [6, 6.07) is 7.63. The van der Waals surface area contributed by atoms with Gasteiger partial charge in [0.1, 0.15) is 11.6 Å². The van der Waals surface area contributed by atoms with Gasteiger partial charge in [-0.2, -0.15) is 0 Å². The minimum absolute atomic E-state index is 0.0457. The lowest BCUT2D eigenvalue weighted by molar-refractivity contribution is 0.415. The number of halogens is 1. The zero-order valence-corrected chi connectivity index (χ0v) is 13.4. The number of rotatable bonds is 5. The largest absolute Gasteiger partial charge is 0.497 e. The number of nitrogen functional groups attached to an aromatic ring is 1. The summed E-state index contributed by atoms with van der Waals surface area (Å²) in [6.45, 7) is 0. The standard InChI is InChI=1S/C12H13BrN4O3S/c1-20-10-5-8(13)4-9(6-10)17-21(18,19)11-2-3-15-12(7-11)16-14/h2-7,17H,14H2,1H3,(H,15,16). The highest BCUT2D eigenvalue weighted by atomic mass is 79.9. The molecule has 0 aliphatic carbocycles. The van der Waals surface area contributed by atoms with Crippen LogP contribution in [0.5, 0.6) is 5.75 Å². The van der Waals surface area contributed by atoms with Crippen molar-refractivity contribution < 1.29 is 13.2 Å². The van der Waals surface area contributed by atoms with E-state index in [1.54, 1.807) is 18.2 Å². The highest BCUT2D eigenvalue weighted by Crippen LogP contribution is 2.26. The molecule has 0 bridgehead atoms. The molecule has 0 spiro atoms. The first-order valence-electron chi connectivity index (χ1n) is 5.74. The summed E-state index contributed by atoms with van der Waals surface area (Å²) < 4.78 is 32.9. The number of hydrogen-bond acceptors (Lipinski definition) is 6. The maximum Gasteiger partial charge on any atom is 0.262 e. The summed E-state index contributed by atoms with van der Waals surface area (Å²) >= 11 is 3.29. The van der Waals surface area contributed by atoms with Crippen LogP contribution in [-0.4, -0.2) is 20.5 Å².